The Morgan fingerprint density at radius 3 is 2.57 bits per heavy atom. The summed E-state index contributed by atoms with van der Waals surface area (Å²) in [5.41, 5.74) is 0.589. The Balaban J connectivity index is 1.73. The Hall–Kier alpha value is -1.93. The molecule has 0 amide bonds. The number of aliphatic hydroxyl groups excluding tert-OH is 1. The number of guanidine groups is 1. The number of benzene rings is 1. The Morgan fingerprint density at radius 1 is 1.21 bits per heavy atom. The predicted molar refractivity (Wildman–Crippen MR) is 105 cm³/mol. The van der Waals surface area contributed by atoms with Gasteiger partial charge in [0.05, 0.1) is 18.8 Å². The maximum atomic E-state index is 12.2. The molecule has 158 valence electrons. The molecule has 1 aromatic rings. The molecule has 0 bridgehead atoms. The van der Waals surface area contributed by atoms with Crippen LogP contribution >= 0.6 is 0 Å². The van der Waals surface area contributed by atoms with Crippen molar-refractivity contribution in [1.82, 2.24) is 10.6 Å². The third-order valence-corrected chi connectivity index (χ3v) is 4.53. The van der Waals surface area contributed by atoms with Crippen LogP contribution in [-0.2, 0) is 4.74 Å². The van der Waals surface area contributed by atoms with Gasteiger partial charge < -0.3 is 25.2 Å². The average Bonchev–Trinajstić information content (AvgIpc) is 3.19. The van der Waals surface area contributed by atoms with Crippen LogP contribution < -0.4 is 15.4 Å². The van der Waals surface area contributed by atoms with Crippen molar-refractivity contribution in [2.75, 3.05) is 26.2 Å². The van der Waals surface area contributed by atoms with Crippen molar-refractivity contribution < 1.29 is 23.4 Å². The minimum Gasteiger partial charge on any atom is -0.435 e. The molecule has 1 saturated carbocycles. The molecule has 0 heterocycles. The molecule has 1 aromatic carbocycles. The fourth-order valence-electron chi connectivity index (χ4n) is 3.08. The maximum Gasteiger partial charge on any atom is 0.387 e. The minimum atomic E-state index is -2.86. The van der Waals surface area contributed by atoms with Gasteiger partial charge in [-0.05, 0) is 43.9 Å². The summed E-state index contributed by atoms with van der Waals surface area (Å²) >= 11 is 0. The number of hydrogen-bond donors (Lipinski definition) is 3. The second-order valence-corrected chi connectivity index (χ2v) is 6.74. The van der Waals surface area contributed by atoms with E-state index < -0.39 is 12.7 Å². The number of rotatable bonds is 11. The third kappa shape index (κ3) is 8.39. The first-order valence-corrected chi connectivity index (χ1v) is 9.95. The molecule has 0 aromatic heterocycles. The smallest absolute Gasteiger partial charge is 0.387 e. The highest BCUT2D eigenvalue weighted by molar-refractivity contribution is 5.79. The highest BCUT2D eigenvalue weighted by Gasteiger charge is 2.14. The molecule has 1 unspecified atom stereocenters. The van der Waals surface area contributed by atoms with Crippen LogP contribution in [0.15, 0.2) is 29.3 Å². The van der Waals surface area contributed by atoms with Crippen molar-refractivity contribution in [3.8, 4) is 5.75 Å². The van der Waals surface area contributed by atoms with Gasteiger partial charge in [-0.1, -0.05) is 25.0 Å². The molecule has 1 atom stereocenters. The van der Waals surface area contributed by atoms with Crippen molar-refractivity contribution in [2.24, 2.45) is 4.99 Å². The maximum absolute atomic E-state index is 12.2. The summed E-state index contributed by atoms with van der Waals surface area (Å²) < 4.78 is 34.5. The lowest BCUT2D eigenvalue weighted by atomic mass is 10.1. The van der Waals surface area contributed by atoms with E-state index in [0.29, 0.717) is 24.2 Å². The van der Waals surface area contributed by atoms with Crippen molar-refractivity contribution in [3.63, 3.8) is 0 Å². The van der Waals surface area contributed by atoms with Gasteiger partial charge in [0.15, 0.2) is 5.96 Å². The van der Waals surface area contributed by atoms with Gasteiger partial charge in [0.1, 0.15) is 5.75 Å². The van der Waals surface area contributed by atoms with E-state index in [1.165, 1.54) is 37.8 Å². The van der Waals surface area contributed by atoms with Gasteiger partial charge in [0.2, 0.25) is 0 Å². The summed E-state index contributed by atoms with van der Waals surface area (Å²) in [5.74, 6) is 0.685. The molecular weight excluding hydrogens is 368 g/mol. The Kier molecular flexibility index (Phi) is 9.99. The lowest BCUT2D eigenvalue weighted by Gasteiger charge is -2.15. The van der Waals surface area contributed by atoms with Crippen molar-refractivity contribution >= 4 is 5.96 Å². The van der Waals surface area contributed by atoms with Crippen LogP contribution in [0.5, 0.6) is 5.75 Å². The monoisotopic (exact) mass is 399 g/mol. The molecular formula is C20H31F2N3O3. The van der Waals surface area contributed by atoms with Gasteiger partial charge in [-0.2, -0.15) is 8.78 Å². The van der Waals surface area contributed by atoms with Crippen LogP contribution in [0.2, 0.25) is 0 Å². The lowest BCUT2D eigenvalue weighted by Crippen LogP contribution is -2.38. The normalized spacial score (nSPS) is 16.4. The zero-order valence-electron chi connectivity index (χ0n) is 16.4. The molecule has 1 fully saturated rings. The summed E-state index contributed by atoms with van der Waals surface area (Å²) in [5, 5.41) is 16.6. The number of aliphatic imine (C=N–C) groups is 1. The average molecular weight is 399 g/mol. The van der Waals surface area contributed by atoms with Crippen LogP contribution in [0.3, 0.4) is 0 Å². The Morgan fingerprint density at radius 2 is 1.93 bits per heavy atom. The number of hydrogen-bond acceptors (Lipinski definition) is 4. The summed E-state index contributed by atoms with van der Waals surface area (Å²) in [4.78, 5) is 4.39. The van der Waals surface area contributed by atoms with E-state index in [4.69, 9.17) is 4.74 Å². The van der Waals surface area contributed by atoms with Gasteiger partial charge in [-0.3, -0.25) is 4.99 Å². The number of halogens is 2. The van der Waals surface area contributed by atoms with Crippen LogP contribution in [-0.4, -0.2) is 50.0 Å². The molecule has 3 N–H and O–H groups in total. The summed E-state index contributed by atoms with van der Waals surface area (Å²) in [6.07, 6.45) is 5.36. The molecule has 28 heavy (non-hydrogen) atoms. The SMILES string of the molecule is CCNC(=NCC(O)c1ccc(OC(F)F)cc1)NCCCOC1CCCC1. The van der Waals surface area contributed by atoms with Gasteiger partial charge in [-0.25, -0.2) is 0 Å². The van der Waals surface area contributed by atoms with Crippen molar-refractivity contribution in [2.45, 2.75) is 57.8 Å². The fraction of sp³-hybridized carbons (Fsp3) is 0.650. The van der Waals surface area contributed by atoms with E-state index in [1.807, 2.05) is 6.92 Å². The topological polar surface area (TPSA) is 75.1 Å². The van der Waals surface area contributed by atoms with Crippen LogP contribution in [0.4, 0.5) is 8.78 Å². The van der Waals surface area contributed by atoms with E-state index >= 15 is 0 Å². The molecule has 8 heteroatoms. The van der Waals surface area contributed by atoms with Crippen molar-refractivity contribution in [3.05, 3.63) is 29.8 Å². The zero-order chi connectivity index (χ0) is 20.2. The number of ether oxygens (including phenoxy) is 2. The quantitative estimate of drug-likeness (QED) is 0.303. The highest BCUT2D eigenvalue weighted by Crippen LogP contribution is 2.21. The Bertz CT molecular complexity index is 579. The summed E-state index contributed by atoms with van der Waals surface area (Å²) in [6, 6.07) is 5.92. The molecule has 1 aliphatic carbocycles. The minimum absolute atomic E-state index is 0.0595. The van der Waals surface area contributed by atoms with Crippen LogP contribution in [0, 0.1) is 0 Å². The van der Waals surface area contributed by atoms with Gasteiger partial charge in [0, 0.05) is 19.7 Å². The van der Waals surface area contributed by atoms with E-state index in [0.717, 1.165) is 19.6 Å². The van der Waals surface area contributed by atoms with Crippen LogP contribution in [0.1, 0.15) is 50.7 Å². The molecule has 2 rings (SSSR count). The second-order valence-electron chi connectivity index (χ2n) is 6.74. The molecule has 0 spiro atoms. The molecule has 0 saturated heterocycles. The van der Waals surface area contributed by atoms with E-state index in [-0.39, 0.29) is 12.3 Å². The third-order valence-electron chi connectivity index (χ3n) is 4.53. The number of alkyl halides is 2. The van der Waals surface area contributed by atoms with Crippen molar-refractivity contribution in [1.29, 1.82) is 0 Å². The zero-order valence-corrected chi connectivity index (χ0v) is 16.4. The number of aliphatic hydroxyl groups is 1. The van der Waals surface area contributed by atoms with Crippen LogP contribution in [0.25, 0.3) is 0 Å². The van der Waals surface area contributed by atoms with Gasteiger partial charge >= 0.3 is 6.61 Å². The molecule has 1 aliphatic rings. The highest BCUT2D eigenvalue weighted by atomic mass is 19.3. The molecule has 0 radical (unpaired) electrons. The van der Waals surface area contributed by atoms with E-state index in [1.54, 1.807) is 12.1 Å². The Labute approximate surface area is 165 Å². The summed E-state index contributed by atoms with van der Waals surface area (Å²) in [7, 11) is 0. The second kappa shape index (κ2) is 12.5. The number of nitrogens with zero attached hydrogens (tertiary/aromatic N) is 1. The first-order valence-electron chi connectivity index (χ1n) is 9.95. The van der Waals surface area contributed by atoms with Gasteiger partial charge in [0.25, 0.3) is 0 Å². The molecule has 6 nitrogen and oxygen atoms in total. The lowest BCUT2D eigenvalue weighted by molar-refractivity contribution is -0.0498. The predicted octanol–water partition coefficient (Wildman–Crippen LogP) is 3.23. The van der Waals surface area contributed by atoms with E-state index in [2.05, 4.69) is 20.4 Å². The fourth-order valence-corrected chi connectivity index (χ4v) is 3.08. The number of nitrogens with one attached hydrogen (secondary N) is 2. The standard InChI is InChI=1S/C20H31F2N3O3/c1-2-23-20(24-12-5-13-27-16-6-3-4-7-16)25-14-18(26)15-8-10-17(11-9-15)28-19(21)22/h8-11,16,18-19,26H,2-7,12-14H2,1H3,(H2,23,24,25). The first kappa shape index (κ1) is 22.4. The molecule has 0 aliphatic heterocycles. The largest absolute Gasteiger partial charge is 0.435 e. The van der Waals surface area contributed by atoms with Gasteiger partial charge in [-0.15, -0.1) is 0 Å². The summed E-state index contributed by atoms with van der Waals surface area (Å²) in [6.45, 7) is 1.43. The van der Waals surface area contributed by atoms with E-state index in [9.17, 15) is 13.9 Å². The first-order chi connectivity index (χ1) is 13.6.